The molecule has 0 aromatic heterocycles. The van der Waals surface area contributed by atoms with E-state index < -0.39 is 47.7 Å². The SMILES string of the molecule is CCC(=O)NCCNC(=O)NC(N)=NCCC[C@@H](NC(=O)C(c1ccccc1)c1ccc(NCCCNC(=O)CN2CCC(NC(=O)OC(C)(C)C)CC2)cc1)C(=O)NCc1ccc(O)cc1.O=C(O)C(F)(F)F. The molecule has 0 aliphatic carbocycles. The van der Waals surface area contributed by atoms with E-state index in [0.717, 1.165) is 29.7 Å². The molecule has 1 unspecified atom stereocenters. The molecule has 0 radical (unpaired) electrons. The number of carbonyl (C=O) groups excluding carboxylic acids is 6. The molecule has 24 heteroatoms. The lowest BCUT2D eigenvalue weighted by atomic mass is 9.90. The number of phenolic OH excluding ortho intramolecular Hbond substituents is 1. The molecule has 1 heterocycles. The van der Waals surface area contributed by atoms with Crippen molar-refractivity contribution in [3.63, 3.8) is 0 Å². The first kappa shape index (κ1) is 60.7. The van der Waals surface area contributed by atoms with Crippen LogP contribution < -0.4 is 48.3 Å². The highest BCUT2D eigenvalue weighted by atomic mass is 19.4. The van der Waals surface area contributed by atoms with E-state index in [1.54, 1.807) is 19.1 Å². The number of phenols is 1. The molecule has 1 aliphatic heterocycles. The number of carboxylic acids is 1. The van der Waals surface area contributed by atoms with Crippen LogP contribution in [-0.4, -0.2) is 139 Å². The second-order valence-electron chi connectivity index (χ2n) is 18.0. The maximum absolute atomic E-state index is 14.3. The number of hydrogen-bond donors (Lipinski definition) is 11. The van der Waals surface area contributed by atoms with Crippen LogP contribution >= 0.6 is 0 Å². The molecule has 3 aromatic carbocycles. The van der Waals surface area contributed by atoms with E-state index in [4.69, 9.17) is 20.4 Å². The smallest absolute Gasteiger partial charge is 0.490 e. The predicted molar refractivity (Wildman–Crippen MR) is 271 cm³/mol. The first-order chi connectivity index (χ1) is 35.0. The number of ether oxygens (including phenoxy) is 1. The molecule has 1 saturated heterocycles. The number of aliphatic carboxylic acids is 1. The Labute approximate surface area is 428 Å². The normalized spacial score (nSPS) is 13.9. The van der Waals surface area contributed by atoms with Gasteiger partial charge in [0.2, 0.25) is 23.6 Å². The summed E-state index contributed by atoms with van der Waals surface area (Å²) in [4.78, 5) is 91.5. The molecule has 3 aromatic rings. The van der Waals surface area contributed by atoms with Gasteiger partial charge in [0.1, 0.15) is 17.4 Å². The van der Waals surface area contributed by atoms with Gasteiger partial charge in [0.25, 0.3) is 0 Å². The second kappa shape index (κ2) is 31.1. The Balaban J connectivity index is 0.00000192. The lowest BCUT2D eigenvalue weighted by Crippen LogP contribution is -2.48. The number of alkyl carbamates (subject to hydrolysis) is 1. The molecule has 74 heavy (non-hydrogen) atoms. The zero-order valence-electron chi connectivity index (χ0n) is 42.1. The van der Waals surface area contributed by atoms with Crippen molar-refractivity contribution in [1.82, 2.24) is 42.1 Å². The number of nitrogens with zero attached hydrogens (tertiary/aromatic N) is 2. The third-order valence-electron chi connectivity index (χ3n) is 10.8. The molecule has 12 N–H and O–H groups in total. The fourth-order valence-corrected chi connectivity index (χ4v) is 7.10. The number of alkyl halides is 3. The van der Waals surface area contributed by atoms with Crippen LogP contribution in [0.1, 0.15) is 88.8 Å². The summed E-state index contributed by atoms with van der Waals surface area (Å²) in [6.45, 7) is 10.8. The van der Waals surface area contributed by atoms with Crippen LogP contribution in [0.15, 0.2) is 83.9 Å². The zero-order chi connectivity index (χ0) is 54.7. The van der Waals surface area contributed by atoms with Crippen molar-refractivity contribution < 1.29 is 61.7 Å². The number of nitrogens with two attached hydrogens (primary N) is 1. The molecule has 406 valence electrons. The van der Waals surface area contributed by atoms with Gasteiger partial charge in [-0.3, -0.25) is 34.4 Å². The number of rotatable bonds is 23. The van der Waals surface area contributed by atoms with E-state index in [1.807, 2.05) is 75.4 Å². The largest absolute Gasteiger partial charge is 0.508 e. The van der Waals surface area contributed by atoms with Crippen LogP contribution in [0.5, 0.6) is 5.75 Å². The van der Waals surface area contributed by atoms with E-state index in [-0.39, 0.29) is 68.1 Å². The van der Waals surface area contributed by atoms with Gasteiger partial charge >= 0.3 is 24.3 Å². The number of piperidine rings is 1. The lowest BCUT2D eigenvalue weighted by molar-refractivity contribution is -0.192. The molecular formula is C50H70F3N11O10. The van der Waals surface area contributed by atoms with Gasteiger partial charge in [0.05, 0.1) is 12.5 Å². The number of anilines is 1. The van der Waals surface area contributed by atoms with E-state index in [2.05, 4.69) is 52.4 Å². The number of amides is 7. The topological polar surface area (TPSA) is 307 Å². The third kappa shape index (κ3) is 24.7. The summed E-state index contributed by atoms with van der Waals surface area (Å²) >= 11 is 0. The minimum Gasteiger partial charge on any atom is -0.508 e. The first-order valence-corrected chi connectivity index (χ1v) is 24.2. The Morgan fingerprint density at radius 3 is 2.00 bits per heavy atom. The number of likely N-dealkylation sites (tertiary alicyclic amines) is 1. The highest BCUT2D eigenvalue weighted by molar-refractivity contribution is 5.95. The van der Waals surface area contributed by atoms with Gasteiger partial charge < -0.3 is 57.9 Å². The summed E-state index contributed by atoms with van der Waals surface area (Å²) in [6.07, 6.45) is -2.46. The molecule has 7 amide bonds. The molecule has 1 aliphatic rings. The summed E-state index contributed by atoms with van der Waals surface area (Å²) in [7, 11) is 0. The maximum atomic E-state index is 14.3. The van der Waals surface area contributed by atoms with Gasteiger partial charge in [-0.05, 0) is 93.8 Å². The molecule has 1 fully saturated rings. The van der Waals surface area contributed by atoms with Crippen molar-refractivity contribution >= 4 is 53.4 Å². The van der Waals surface area contributed by atoms with Crippen molar-refractivity contribution in [3.05, 3.63) is 95.6 Å². The van der Waals surface area contributed by atoms with Crippen molar-refractivity contribution in [1.29, 1.82) is 0 Å². The highest BCUT2D eigenvalue weighted by Gasteiger charge is 2.38. The average molecular weight is 1040 g/mol. The highest BCUT2D eigenvalue weighted by Crippen LogP contribution is 2.27. The number of urea groups is 1. The monoisotopic (exact) mass is 1040 g/mol. The standard InChI is InChI=1S/C48H69N11O8.C2HF3O2/c1-5-40(61)52-27-28-54-46(65)58-45(49)53-24-9-13-39(43(63)55-31-33-14-20-38(60)21-15-33)57-44(64)42(34-11-7-6-8-12-34)35-16-18-36(19-17-35)50-25-10-26-51-41(62)32-59-29-22-37(23-30-59)56-47(66)67-48(2,3)4;3-2(4,5)1(6)7/h6-8,11-12,14-21,37,39,42,50,60H,5,9-10,13,22-32H2,1-4H3,(H,51,62)(H,52,61)(H,55,63)(H,56,66)(H,57,64)(H4,49,53,54,58,65);(H,6,7)/t39-,42?;/m1./s1. The molecule has 0 spiro atoms. The van der Waals surface area contributed by atoms with Gasteiger partial charge in [0.15, 0.2) is 5.96 Å². The number of carboxylic acid groups (broad SMARTS) is 1. The number of aromatic hydroxyl groups is 1. The Bertz CT molecular complexity index is 2290. The van der Waals surface area contributed by atoms with Crippen LogP contribution in [0.2, 0.25) is 0 Å². The molecule has 0 saturated carbocycles. The summed E-state index contributed by atoms with van der Waals surface area (Å²) in [5.41, 5.74) is 8.40. The quantitative estimate of drug-likeness (QED) is 0.0367. The van der Waals surface area contributed by atoms with Crippen LogP contribution in [0, 0.1) is 0 Å². The van der Waals surface area contributed by atoms with E-state index >= 15 is 0 Å². The van der Waals surface area contributed by atoms with Crippen molar-refractivity contribution in [2.24, 2.45) is 10.7 Å². The summed E-state index contributed by atoms with van der Waals surface area (Å²) in [6, 6.07) is 21.7. The molecule has 4 rings (SSSR count). The van der Waals surface area contributed by atoms with Gasteiger partial charge in [-0.1, -0.05) is 61.5 Å². The fraction of sp³-hybridized carbons (Fsp3) is 0.480. The van der Waals surface area contributed by atoms with Gasteiger partial charge in [-0.25, -0.2) is 14.4 Å². The Morgan fingerprint density at radius 1 is 0.784 bits per heavy atom. The van der Waals surface area contributed by atoms with Gasteiger partial charge in [-0.2, -0.15) is 13.2 Å². The average Bonchev–Trinajstić information content (AvgIpc) is 3.34. The summed E-state index contributed by atoms with van der Waals surface area (Å²) < 4.78 is 37.1. The van der Waals surface area contributed by atoms with Gasteiger partial charge in [-0.15, -0.1) is 0 Å². The zero-order valence-corrected chi connectivity index (χ0v) is 42.1. The first-order valence-electron chi connectivity index (χ1n) is 24.2. The predicted octanol–water partition coefficient (Wildman–Crippen LogP) is 3.79. The number of carbonyl (C=O) groups is 7. The number of nitrogens with one attached hydrogen (secondary N) is 8. The molecular weight excluding hydrogens is 972 g/mol. The van der Waals surface area contributed by atoms with Crippen molar-refractivity contribution in [2.75, 3.05) is 57.7 Å². The van der Waals surface area contributed by atoms with Crippen LogP contribution in [-0.2, 0) is 35.3 Å². The number of aliphatic imine (C=N–C) groups is 1. The summed E-state index contributed by atoms with van der Waals surface area (Å²) in [5.74, 6) is -4.52. The Morgan fingerprint density at radius 2 is 1.39 bits per heavy atom. The molecule has 2 atom stereocenters. The number of guanidine groups is 1. The fourth-order valence-electron chi connectivity index (χ4n) is 7.10. The second-order valence-corrected chi connectivity index (χ2v) is 18.0. The third-order valence-corrected chi connectivity index (χ3v) is 10.8. The van der Waals surface area contributed by atoms with Gasteiger partial charge in [0, 0.05) is 70.5 Å². The molecule has 0 bridgehead atoms. The Kier molecular flexibility index (Phi) is 25.5. The van der Waals surface area contributed by atoms with Crippen LogP contribution in [0.3, 0.4) is 0 Å². The number of benzene rings is 3. The lowest BCUT2D eigenvalue weighted by Gasteiger charge is -2.32. The van der Waals surface area contributed by atoms with Crippen molar-refractivity contribution in [3.8, 4) is 5.75 Å². The molecule has 21 nitrogen and oxygen atoms in total. The van der Waals surface area contributed by atoms with E-state index in [0.29, 0.717) is 57.5 Å². The number of hydrogen-bond acceptors (Lipinski definition) is 12. The maximum Gasteiger partial charge on any atom is 0.490 e. The minimum atomic E-state index is -5.08. The summed E-state index contributed by atoms with van der Waals surface area (Å²) in [5, 5.41) is 39.6. The van der Waals surface area contributed by atoms with E-state index in [9.17, 15) is 47.0 Å². The van der Waals surface area contributed by atoms with Crippen LogP contribution in [0.25, 0.3) is 0 Å². The van der Waals surface area contributed by atoms with E-state index in [1.165, 1.54) is 12.1 Å². The number of halogens is 3. The Hall–Kier alpha value is -7.63. The van der Waals surface area contributed by atoms with Crippen LogP contribution in [0.4, 0.5) is 28.4 Å². The minimum absolute atomic E-state index is 0.0202. The van der Waals surface area contributed by atoms with Crippen molar-refractivity contribution in [2.45, 2.75) is 103 Å².